The Kier molecular flexibility index (Phi) is 3.23. The number of nitrogen functional groups attached to an aromatic ring is 1. The molecule has 0 atom stereocenters. The number of carbonyl (C=O) groups is 1. The molecule has 1 aromatic carbocycles. The van der Waals surface area contributed by atoms with Crippen LogP contribution in [-0.2, 0) is 0 Å². The minimum absolute atomic E-state index is 0.0174. The van der Waals surface area contributed by atoms with E-state index < -0.39 is 11.7 Å². The average molecular weight is 245 g/mol. The highest BCUT2D eigenvalue weighted by Crippen LogP contribution is 2.14. The standard InChI is InChI=1S/C13H12FN3O/c1-8-4-10(7-16-6-8)17-13(18)9-2-3-12(15)11(14)5-9/h2-7H,15H2,1H3,(H,17,18). The molecule has 0 aliphatic heterocycles. The van der Waals surface area contributed by atoms with E-state index >= 15 is 0 Å². The predicted octanol–water partition coefficient (Wildman–Crippen LogP) is 2.36. The van der Waals surface area contributed by atoms with Crippen LogP contribution in [0.5, 0.6) is 0 Å². The summed E-state index contributed by atoms with van der Waals surface area (Å²) in [7, 11) is 0. The number of carbonyl (C=O) groups excluding carboxylic acids is 1. The Balaban J connectivity index is 2.19. The Morgan fingerprint density at radius 1 is 1.33 bits per heavy atom. The van der Waals surface area contributed by atoms with Gasteiger partial charge in [0, 0.05) is 11.8 Å². The number of benzene rings is 1. The van der Waals surface area contributed by atoms with Crippen LogP contribution in [0.1, 0.15) is 15.9 Å². The molecule has 2 aromatic rings. The maximum Gasteiger partial charge on any atom is 0.255 e. The molecule has 0 spiro atoms. The summed E-state index contributed by atoms with van der Waals surface area (Å²) in [5.41, 5.74) is 7.07. The molecule has 0 bridgehead atoms. The number of aryl methyl sites for hydroxylation is 1. The molecular formula is C13H12FN3O. The Hall–Kier alpha value is -2.43. The first-order valence-electron chi connectivity index (χ1n) is 5.34. The van der Waals surface area contributed by atoms with Gasteiger partial charge in [0.25, 0.3) is 5.91 Å². The molecule has 3 N–H and O–H groups in total. The summed E-state index contributed by atoms with van der Waals surface area (Å²) >= 11 is 0. The summed E-state index contributed by atoms with van der Waals surface area (Å²) in [4.78, 5) is 15.8. The maximum atomic E-state index is 13.2. The van der Waals surface area contributed by atoms with E-state index in [4.69, 9.17) is 5.73 Å². The summed E-state index contributed by atoms with van der Waals surface area (Å²) in [5, 5.41) is 2.64. The Morgan fingerprint density at radius 3 is 2.78 bits per heavy atom. The topological polar surface area (TPSA) is 68.0 Å². The smallest absolute Gasteiger partial charge is 0.255 e. The molecule has 0 saturated carbocycles. The summed E-state index contributed by atoms with van der Waals surface area (Å²) in [5.74, 6) is -1.01. The van der Waals surface area contributed by atoms with E-state index in [1.807, 2.05) is 6.92 Å². The molecule has 5 heteroatoms. The summed E-state index contributed by atoms with van der Waals surface area (Å²) in [6.07, 6.45) is 3.21. The van der Waals surface area contributed by atoms with Gasteiger partial charge in [0.15, 0.2) is 0 Å². The molecule has 1 aromatic heterocycles. The quantitative estimate of drug-likeness (QED) is 0.798. The number of nitrogens with one attached hydrogen (secondary N) is 1. The number of rotatable bonds is 2. The van der Waals surface area contributed by atoms with E-state index in [1.54, 1.807) is 12.3 Å². The zero-order chi connectivity index (χ0) is 13.1. The van der Waals surface area contributed by atoms with Crippen LogP contribution in [0.4, 0.5) is 15.8 Å². The van der Waals surface area contributed by atoms with E-state index in [0.717, 1.165) is 11.6 Å². The molecule has 2 rings (SSSR count). The van der Waals surface area contributed by atoms with Crippen LogP contribution in [0.15, 0.2) is 36.7 Å². The Morgan fingerprint density at radius 2 is 2.11 bits per heavy atom. The molecule has 0 unspecified atom stereocenters. The fraction of sp³-hybridized carbons (Fsp3) is 0.0769. The number of nitrogens with zero attached hydrogens (tertiary/aromatic N) is 1. The SMILES string of the molecule is Cc1cncc(NC(=O)c2ccc(N)c(F)c2)c1. The van der Waals surface area contributed by atoms with Crippen molar-refractivity contribution in [2.45, 2.75) is 6.92 Å². The zero-order valence-corrected chi connectivity index (χ0v) is 9.77. The number of aromatic nitrogens is 1. The van der Waals surface area contributed by atoms with Gasteiger partial charge in [0.05, 0.1) is 17.6 Å². The lowest BCUT2D eigenvalue weighted by Gasteiger charge is -2.06. The van der Waals surface area contributed by atoms with Gasteiger partial charge in [-0.1, -0.05) is 0 Å². The highest BCUT2D eigenvalue weighted by atomic mass is 19.1. The molecule has 0 fully saturated rings. The second-order valence-electron chi connectivity index (χ2n) is 3.94. The van der Waals surface area contributed by atoms with Crippen molar-refractivity contribution in [2.75, 3.05) is 11.1 Å². The highest BCUT2D eigenvalue weighted by Gasteiger charge is 2.08. The molecular weight excluding hydrogens is 233 g/mol. The number of hydrogen-bond acceptors (Lipinski definition) is 3. The highest BCUT2D eigenvalue weighted by molar-refractivity contribution is 6.04. The van der Waals surface area contributed by atoms with Crippen LogP contribution in [0.25, 0.3) is 0 Å². The van der Waals surface area contributed by atoms with E-state index in [1.165, 1.54) is 18.3 Å². The third-order valence-corrected chi connectivity index (χ3v) is 2.40. The maximum absolute atomic E-state index is 13.2. The summed E-state index contributed by atoms with van der Waals surface area (Å²) in [6.45, 7) is 1.87. The van der Waals surface area contributed by atoms with Crippen molar-refractivity contribution in [1.82, 2.24) is 4.98 Å². The third-order valence-electron chi connectivity index (χ3n) is 2.40. The van der Waals surface area contributed by atoms with Gasteiger partial charge in [-0.15, -0.1) is 0 Å². The Bertz CT molecular complexity index is 599. The van der Waals surface area contributed by atoms with Gasteiger partial charge < -0.3 is 11.1 Å². The first-order chi connectivity index (χ1) is 8.56. The number of amides is 1. The van der Waals surface area contributed by atoms with Gasteiger partial charge in [0.2, 0.25) is 0 Å². The molecule has 92 valence electrons. The van der Waals surface area contributed by atoms with Crippen molar-refractivity contribution in [3.05, 3.63) is 53.6 Å². The van der Waals surface area contributed by atoms with Gasteiger partial charge in [0.1, 0.15) is 5.82 Å². The second kappa shape index (κ2) is 4.83. The van der Waals surface area contributed by atoms with Crippen LogP contribution in [0, 0.1) is 12.7 Å². The van der Waals surface area contributed by atoms with Crippen LogP contribution in [0.3, 0.4) is 0 Å². The van der Waals surface area contributed by atoms with Crippen molar-refractivity contribution in [2.24, 2.45) is 0 Å². The lowest BCUT2D eigenvalue weighted by Crippen LogP contribution is -2.12. The first-order valence-corrected chi connectivity index (χ1v) is 5.34. The average Bonchev–Trinajstić information content (AvgIpc) is 2.32. The van der Waals surface area contributed by atoms with E-state index in [-0.39, 0.29) is 11.3 Å². The molecule has 1 amide bonds. The monoisotopic (exact) mass is 245 g/mol. The first kappa shape index (κ1) is 12.0. The largest absolute Gasteiger partial charge is 0.396 e. The fourth-order valence-electron chi connectivity index (χ4n) is 1.49. The number of anilines is 2. The number of hydrogen-bond donors (Lipinski definition) is 2. The van der Waals surface area contributed by atoms with E-state index in [2.05, 4.69) is 10.3 Å². The van der Waals surface area contributed by atoms with Gasteiger partial charge in [-0.2, -0.15) is 0 Å². The Labute approximate surface area is 104 Å². The van der Waals surface area contributed by atoms with Crippen molar-refractivity contribution < 1.29 is 9.18 Å². The van der Waals surface area contributed by atoms with Crippen LogP contribution in [-0.4, -0.2) is 10.9 Å². The number of pyridine rings is 1. The number of nitrogens with two attached hydrogens (primary N) is 1. The van der Waals surface area contributed by atoms with Crippen molar-refractivity contribution in [3.63, 3.8) is 0 Å². The van der Waals surface area contributed by atoms with Gasteiger partial charge in [-0.25, -0.2) is 4.39 Å². The molecule has 0 aliphatic carbocycles. The zero-order valence-electron chi connectivity index (χ0n) is 9.77. The van der Waals surface area contributed by atoms with Crippen molar-refractivity contribution in [1.29, 1.82) is 0 Å². The van der Waals surface area contributed by atoms with Crippen LogP contribution in [0.2, 0.25) is 0 Å². The van der Waals surface area contributed by atoms with Crippen LogP contribution >= 0.6 is 0 Å². The third kappa shape index (κ3) is 2.63. The van der Waals surface area contributed by atoms with Crippen LogP contribution < -0.4 is 11.1 Å². The molecule has 0 aliphatic rings. The van der Waals surface area contributed by atoms with Crippen molar-refractivity contribution in [3.8, 4) is 0 Å². The fourth-order valence-corrected chi connectivity index (χ4v) is 1.49. The van der Waals surface area contributed by atoms with Gasteiger partial charge >= 0.3 is 0 Å². The molecule has 0 saturated heterocycles. The van der Waals surface area contributed by atoms with Crippen molar-refractivity contribution >= 4 is 17.3 Å². The van der Waals surface area contributed by atoms with E-state index in [9.17, 15) is 9.18 Å². The predicted molar refractivity (Wildman–Crippen MR) is 67.7 cm³/mol. The second-order valence-corrected chi connectivity index (χ2v) is 3.94. The molecule has 0 radical (unpaired) electrons. The summed E-state index contributed by atoms with van der Waals surface area (Å²) in [6, 6.07) is 5.71. The molecule has 4 nitrogen and oxygen atoms in total. The van der Waals surface area contributed by atoms with E-state index in [0.29, 0.717) is 5.69 Å². The minimum atomic E-state index is -0.606. The molecule has 1 heterocycles. The lowest BCUT2D eigenvalue weighted by molar-refractivity contribution is 0.102. The molecule has 18 heavy (non-hydrogen) atoms. The van der Waals surface area contributed by atoms with Gasteiger partial charge in [-0.3, -0.25) is 9.78 Å². The minimum Gasteiger partial charge on any atom is -0.396 e. The van der Waals surface area contributed by atoms with Gasteiger partial charge in [-0.05, 0) is 36.8 Å². The lowest BCUT2D eigenvalue weighted by atomic mass is 10.2. The number of halogens is 1. The summed E-state index contributed by atoms with van der Waals surface area (Å²) < 4.78 is 13.2. The normalized spacial score (nSPS) is 10.1.